The number of amides is 2. The Bertz CT molecular complexity index is 1350. The summed E-state index contributed by atoms with van der Waals surface area (Å²) in [4.78, 5) is 35.7. The Morgan fingerprint density at radius 1 is 0.973 bits per heavy atom. The monoisotopic (exact) mass is 543 g/mol. The van der Waals surface area contributed by atoms with E-state index in [4.69, 9.17) is 23.2 Å². The molecule has 3 N–H and O–H groups in total. The maximum atomic E-state index is 13.0. The average molecular weight is 544 g/mol. The molecule has 0 radical (unpaired) electrons. The molecular formula is C25H24Cl2FN7O2. The van der Waals surface area contributed by atoms with E-state index in [9.17, 15) is 14.0 Å². The molecule has 1 aliphatic rings. The zero-order chi connectivity index (χ0) is 26.5. The van der Waals surface area contributed by atoms with Gasteiger partial charge in [-0.15, -0.1) is 0 Å². The first kappa shape index (κ1) is 26.2. The van der Waals surface area contributed by atoms with Crippen molar-refractivity contribution in [2.24, 2.45) is 0 Å². The van der Waals surface area contributed by atoms with E-state index < -0.39 is 11.7 Å². The van der Waals surface area contributed by atoms with Crippen LogP contribution in [0.2, 0.25) is 10.0 Å². The molecule has 9 nitrogen and oxygen atoms in total. The van der Waals surface area contributed by atoms with Crippen molar-refractivity contribution >= 4 is 69.5 Å². The summed E-state index contributed by atoms with van der Waals surface area (Å²) in [5.41, 5.74) is 2.50. The van der Waals surface area contributed by atoms with Crippen LogP contribution in [0.5, 0.6) is 0 Å². The van der Waals surface area contributed by atoms with Crippen LogP contribution in [0, 0.1) is 0 Å². The SMILES string of the molecule is C=C(F)C(=O)Nc1cccc(Nc2nc(Nc3ccc(N4CCN(C(C)=O)CC4)c(Cl)c3)ncc2Cl)c1. The van der Waals surface area contributed by atoms with Crippen LogP contribution in [-0.2, 0) is 9.59 Å². The summed E-state index contributed by atoms with van der Waals surface area (Å²) in [6, 6.07) is 12.2. The second kappa shape index (κ2) is 11.4. The first-order chi connectivity index (χ1) is 17.7. The molecule has 1 saturated heterocycles. The van der Waals surface area contributed by atoms with Crippen LogP contribution in [0.15, 0.2) is 61.1 Å². The van der Waals surface area contributed by atoms with Gasteiger partial charge in [-0.25, -0.2) is 9.37 Å². The summed E-state index contributed by atoms with van der Waals surface area (Å²) < 4.78 is 13.0. The van der Waals surface area contributed by atoms with E-state index in [0.717, 1.165) is 5.69 Å². The van der Waals surface area contributed by atoms with Gasteiger partial charge in [0.25, 0.3) is 5.91 Å². The summed E-state index contributed by atoms with van der Waals surface area (Å²) in [6.45, 7) is 7.27. The van der Waals surface area contributed by atoms with Crippen LogP contribution in [0.1, 0.15) is 6.92 Å². The van der Waals surface area contributed by atoms with E-state index in [1.165, 1.54) is 6.20 Å². The normalized spacial score (nSPS) is 13.2. The number of aromatic nitrogens is 2. The number of nitrogens with zero attached hydrogens (tertiary/aromatic N) is 4. The number of hydrogen-bond acceptors (Lipinski definition) is 7. The smallest absolute Gasteiger partial charge is 0.283 e. The number of benzene rings is 2. The lowest BCUT2D eigenvalue weighted by Crippen LogP contribution is -2.48. The molecular weight excluding hydrogens is 520 g/mol. The largest absolute Gasteiger partial charge is 0.367 e. The quantitative estimate of drug-likeness (QED) is 0.344. The van der Waals surface area contributed by atoms with Crippen molar-refractivity contribution < 1.29 is 14.0 Å². The Morgan fingerprint density at radius 2 is 1.68 bits per heavy atom. The minimum absolute atomic E-state index is 0.0738. The van der Waals surface area contributed by atoms with Gasteiger partial charge >= 0.3 is 0 Å². The molecule has 1 aromatic heterocycles. The van der Waals surface area contributed by atoms with Gasteiger partial charge in [0.05, 0.1) is 16.9 Å². The van der Waals surface area contributed by atoms with Gasteiger partial charge in [0.15, 0.2) is 11.6 Å². The molecule has 37 heavy (non-hydrogen) atoms. The van der Waals surface area contributed by atoms with E-state index >= 15 is 0 Å². The summed E-state index contributed by atoms with van der Waals surface area (Å²) >= 11 is 12.8. The highest BCUT2D eigenvalue weighted by atomic mass is 35.5. The van der Waals surface area contributed by atoms with Crippen molar-refractivity contribution in [2.45, 2.75) is 6.92 Å². The maximum Gasteiger partial charge on any atom is 0.283 e. The first-order valence-electron chi connectivity index (χ1n) is 11.3. The Morgan fingerprint density at radius 3 is 2.35 bits per heavy atom. The molecule has 12 heteroatoms. The Labute approximate surface area is 223 Å². The molecule has 192 valence electrons. The standard InChI is InChI=1S/C25H24Cl2FN7O2/c1-15(28)24(37)31-18-5-3-4-17(12-18)30-23-21(27)14-29-25(33-23)32-19-6-7-22(20(26)13-19)35-10-8-34(9-11-35)16(2)36/h3-7,12-14H,1,8-11H2,2H3,(H,31,37)(H2,29,30,32,33). The molecule has 1 aliphatic heterocycles. The van der Waals surface area contributed by atoms with Gasteiger partial charge in [0.1, 0.15) is 5.02 Å². The average Bonchev–Trinajstić information content (AvgIpc) is 2.86. The summed E-state index contributed by atoms with van der Waals surface area (Å²) in [5.74, 6) is -1.33. The third-order valence-corrected chi connectivity index (χ3v) is 6.22. The summed E-state index contributed by atoms with van der Waals surface area (Å²) in [7, 11) is 0. The molecule has 3 aromatic rings. The zero-order valence-electron chi connectivity index (χ0n) is 19.9. The van der Waals surface area contributed by atoms with Gasteiger partial charge < -0.3 is 25.8 Å². The third kappa shape index (κ3) is 6.66. The van der Waals surface area contributed by atoms with Gasteiger partial charge in [-0.3, -0.25) is 9.59 Å². The number of rotatable bonds is 7. The van der Waals surface area contributed by atoms with E-state index in [1.807, 2.05) is 17.0 Å². The van der Waals surface area contributed by atoms with Crippen LogP contribution >= 0.6 is 23.2 Å². The molecule has 0 saturated carbocycles. The van der Waals surface area contributed by atoms with E-state index in [1.54, 1.807) is 37.3 Å². The van der Waals surface area contributed by atoms with Gasteiger partial charge in [-0.1, -0.05) is 35.8 Å². The fourth-order valence-corrected chi connectivity index (χ4v) is 4.20. The lowest BCUT2D eigenvalue weighted by atomic mass is 10.2. The molecule has 0 bridgehead atoms. The fourth-order valence-electron chi connectivity index (χ4n) is 3.76. The van der Waals surface area contributed by atoms with Crippen LogP contribution < -0.4 is 20.9 Å². The molecule has 0 unspecified atom stereocenters. The van der Waals surface area contributed by atoms with Crippen LogP contribution in [0.3, 0.4) is 0 Å². The highest BCUT2D eigenvalue weighted by Gasteiger charge is 2.20. The van der Waals surface area contributed by atoms with Gasteiger partial charge in [-0.05, 0) is 36.4 Å². The Balaban J connectivity index is 1.45. The van der Waals surface area contributed by atoms with Crippen molar-refractivity contribution in [3.05, 3.63) is 71.1 Å². The molecule has 4 rings (SSSR count). The van der Waals surface area contributed by atoms with Crippen molar-refractivity contribution in [3.8, 4) is 0 Å². The number of nitrogens with one attached hydrogen (secondary N) is 3. The van der Waals surface area contributed by atoms with Crippen molar-refractivity contribution in [1.82, 2.24) is 14.9 Å². The molecule has 2 amide bonds. The molecule has 2 heterocycles. The molecule has 0 atom stereocenters. The maximum absolute atomic E-state index is 13.0. The minimum atomic E-state index is -1.09. The van der Waals surface area contributed by atoms with Crippen molar-refractivity contribution in [1.29, 1.82) is 0 Å². The van der Waals surface area contributed by atoms with Gasteiger partial charge in [0.2, 0.25) is 11.9 Å². The Hall–Kier alpha value is -3.89. The fraction of sp³-hybridized carbons (Fsp3) is 0.200. The second-order valence-electron chi connectivity index (χ2n) is 8.24. The number of hydrogen-bond donors (Lipinski definition) is 3. The first-order valence-corrected chi connectivity index (χ1v) is 12.1. The van der Waals surface area contributed by atoms with Crippen molar-refractivity contribution in [2.75, 3.05) is 47.0 Å². The zero-order valence-corrected chi connectivity index (χ0v) is 21.4. The number of halogens is 3. The summed E-state index contributed by atoms with van der Waals surface area (Å²) in [5, 5.41) is 9.41. The number of anilines is 6. The van der Waals surface area contributed by atoms with E-state index in [-0.39, 0.29) is 16.9 Å². The lowest BCUT2D eigenvalue weighted by Gasteiger charge is -2.36. The van der Waals surface area contributed by atoms with Gasteiger partial charge in [0, 0.05) is 50.2 Å². The number of piperazine rings is 1. The summed E-state index contributed by atoms with van der Waals surface area (Å²) in [6.07, 6.45) is 1.45. The van der Waals surface area contributed by atoms with Crippen molar-refractivity contribution in [3.63, 3.8) is 0 Å². The predicted octanol–water partition coefficient (Wildman–Crippen LogP) is 5.36. The second-order valence-corrected chi connectivity index (χ2v) is 9.05. The topological polar surface area (TPSA) is 102 Å². The Kier molecular flexibility index (Phi) is 8.10. The molecule has 0 spiro atoms. The van der Waals surface area contributed by atoms with Crippen LogP contribution in [0.25, 0.3) is 0 Å². The van der Waals surface area contributed by atoms with Crippen LogP contribution in [0.4, 0.5) is 38.9 Å². The lowest BCUT2D eigenvalue weighted by molar-refractivity contribution is -0.129. The number of carbonyl (C=O) groups excluding carboxylic acids is 2. The highest BCUT2D eigenvalue weighted by molar-refractivity contribution is 6.33. The molecule has 2 aromatic carbocycles. The number of carbonyl (C=O) groups is 2. The highest BCUT2D eigenvalue weighted by Crippen LogP contribution is 2.31. The minimum Gasteiger partial charge on any atom is -0.367 e. The molecule has 0 aliphatic carbocycles. The molecule has 1 fully saturated rings. The van der Waals surface area contributed by atoms with Crippen LogP contribution in [-0.4, -0.2) is 52.9 Å². The third-order valence-electron chi connectivity index (χ3n) is 5.64. The van der Waals surface area contributed by atoms with Gasteiger partial charge in [-0.2, -0.15) is 4.98 Å². The van der Waals surface area contributed by atoms with E-state index in [2.05, 4.69) is 37.4 Å². The predicted molar refractivity (Wildman–Crippen MR) is 145 cm³/mol. The van der Waals surface area contributed by atoms with E-state index in [0.29, 0.717) is 54.1 Å².